The molecule has 2 heterocycles. The lowest BCUT2D eigenvalue weighted by atomic mass is 10.2. The molecular formula is C23H33IN4O4. The van der Waals surface area contributed by atoms with E-state index in [0.717, 1.165) is 36.0 Å². The molecule has 2 aromatic rings. The SMILES string of the molecule is CCCOc1ccc(CN=C(NCC)N2CCN(C(=O)c3ccco3)CC2)cc1OC.I. The number of halogens is 1. The monoisotopic (exact) mass is 556 g/mol. The summed E-state index contributed by atoms with van der Waals surface area (Å²) in [4.78, 5) is 21.3. The maximum Gasteiger partial charge on any atom is 0.289 e. The van der Waals surface area contributed by atoms with Crippen LogP contribution in [0.2, 0.25) is 0 Å². The van der Waals surface area contributed by atoms with Gasteiger partial charge in [-0.1, -0.05) is 13.0 Å². The number of amides is 1. The Hall–Kier alpha value is -2.43. The van der Waals surface area contributed by atoms with Gasteiger partial charge in [-0.3, -0.25) is 4.79 Å². The van der Waals surface area contributed by atoms with Gasteiger partial charge >= 0.3 is 0 Å². The van der Waals surface area contributed by atoms with Gasteiger partial charge in [0.25, 0.3) is 5.91 Å². The van der Waals surface area contributed by atoms with Crippen molar-refractivity contribution >= 4 is 35.8 Å². The molecule has 176 valence electrons. The highest BCUT2D eigenvalue weighted by Crippen LogP contribution is 2.28. The molecule has 1 aliphatic heterocycles. The van der Waals surface area contributed by atoms with Crippen LogP contribution in [0.4, 0.5) is 0 Å². The minimum Gasteiger partial charge on any atom is -0.493 e. The van der Waals surface area contributed by atoms with Crippen molar-refractivity contribution in [2.24, 2.45) is 4.99 Å². The topological polar surface area (TPSA) is 79.5 Å². The Balaban J connectivity index is 0.00000363. The van der Waals surface area contributed by atoms with Crippen LogP contribution in [-0.4, -0.2) is 68.1 Å². The summed E-state index contributed by atoms with van der Waals surface area (Å²) in [5, 5.41) is 3.36. The van der Waals surface area contributed by atoms with Crippen molar-refractivity contribution in [2.75, 3.05) is 46.4 Å². The lowest BCUT2D eigenvalue weighted by Gasteiger charge is -2.36. The second-order valence-corrected chi connectivity index (χ2v) is 7.26. The molecule has 9 heteroatoms. The van der Waals surface area contributed by atoms with Crippen molar-refractivity contribution in [3.05, 3.63) is 47.9 Å². The van der Waals surface area contributed by atoms with E-state index in [0.29, 0.717) is 45.1 Å². The second-order valence-electron chi connectivity index (χ2n) is 7.26. The summed E-state index contributed by atoms with van der Waals surface area (Å²) in [6.45, 7) is 8.77. The van der Waals surface area contributed by atoms with E-state index in [1.54, 1.807) is 19.2 Å². The van der Waals surface area contributed by atoms with Crippen molar-refractivity contribution in [3.8, 4) is 11.5 Å². The second kappa shape index (κ2) is 13.2. The number of guanidine groups is 1. The number of hydrogen-bond acceptors (Lipinski definition) is 5. The van der Waals surface area contributed by atoms with Crippen molar-refractivity contribution in [3.63, 3.8) is 0 Å². The van der Waals surface area contributed by atoms with Crippen LogP contribution in [-0.2, 0) is 6.54 Å². The highest BCUT2D eigenvalue weighted by Gasteiger charge is 2.25. The Morgan fingerprint density at radius 1 is 1.12 bits per heavy atom. The number of methoxy groups -OCH3 is 1. The molecule has 1 N–H and O–H groups in total. The molecule has 0 bridgehead atoms. The molecule has 0 radical (unpaired) electrons. The van der Waals surface area contributed by atoms with Crippen LogP contribution in [0.1, 0.15) is 36.4 Å². The van der Waals surface area contributed by atoms with Gasteiger partial charge in [-0.05, 0) is 43.2 Å². The Morgan fingerprint density at radius 2 is 1.88 bits per heavy atom. The molecule has 32 heavy (non-hydrogen) atoms. The van der Waals surface area contributed by atoms with Crippen LogP contribution in [0.3, 0.4) is 0 Å². The summed E-state index contributed by atoms with van der Waals surface area (Å²) in [7, 11) is 1.65. The van der Waals surface area contributed by atoms with Gasteiger partial charge in [-0.2, -0.15) is 0 Å². The predicted octanol–water partition coefficient (Wildman–Crippen LogP) is 3.62. The lowest BCUT2D eigenvalue weighted by Crippen LogP contribution is -2.53. The van der Waals surface area contributed by atoms with Gasteiger partial charge < -0.3 is 29.0 Å². The molecule has 1 amide bonds. The zero-order chi connectivity index (χ0) is 22.1. The number of aliphatic imine (C=N–C) groups is 1. The molecule has 0 spiro atoms. The van der Waals surface area contributed by atoms with Gasteiger partial charge in [0.2, 0.25) is 0 Å². The fraction of sp³-hybridized carbons (Fsp3) is 0.478. The molecule has 0 unspecified atom stereocenters. The summed E-state index contributed by atoms with van der Waals surface area (Å²) in [6.07, 6.45) is 2.47. The Labute approximate surface area is 207 Å². The maximum absolute atomic E-state index is 12.5. The smallest absolute Gasteiger partial charge is 0.289 e. The van der Waals surface area contributed by atoms with Crippen molar-refractivity contribution < 1.29 is 18.7 Å². The molecule has 1 aliphatic rings. The summed E-state index contributed by atoms with van der Waals surface area (Å²) < 4.78 is 16.4. The van der Waals surface area contributed by atoms with E-state index in [1.165, 1.54) is 6.26 Å². The molecule has 1 aromatic carbocycles. The lowest BCUT2D eigenvalue weighted by molar-refractivity contribution is 0.0657. The zero-order valence-electron chi connectivity index (χ0n) is 19.0. The molecule has 0 atom stereocenters. The fourth-order valence-corrected chi connectivity index (χ4v) is 3.41. The largest absolute Gasteiger partial charge is 0.493 e. The molecule has 1 saturated heterocycles. The summed E-state index contributed by atoms with van der Waals surface area (Å²) in [5.74, 6) is 2.63. The normalized spacial score (nSPS) is 14.0. The summed E-state index contributed by atoms with van der Waals surface area (Å²) in [5.41, 5.74) is 1.04. The highest BCUT2D eigenvalue weighted by molar-refractivity contribution is 14.0. The molecule has 3 rings (SSSR count). The molecular weight excluding hydrogens is 523 g/mol. The van der Waals surface area contributed by atoms with Crippen LogP contribution in [0.15, 0.2) is 46.0 Å². The van der Waals surface area contributed by atoms with E-state index >= 15 is 0 Å². The minimum atomic E-state index is -0.0657. The van der Waals surface area contributed by atoms with Crippen LogP contribution in [0.5, 0.6) is 11.5 Å². The number of carbonyl (C=O) groups is 1. The number of carbonyl (C=O) groups excluding carboxylic acids is 1. The number of rotatable bonds is 8. The van der Waals surface area contributed by atoms with Crippen LogP contribution >= 0.6 is 24.0 Å². The maximum atomic E-state index is 12.5. The first-order valence-corrected chi connectivity index (χ1v) is 10.8. The summed E-state index contributed by atoms with van der Waals surface area (Å²) in [6, 6.07) is 9.35. The first-order valence-electron chi connectivity index (χ1n) is 10.8. The number of furan rings is 1. The number of nitrogens with one attached hydrogen (secondary N) is 1. The van der Waals surface area contributed by atoms with Crippen LogP contribution in [0, 0.1) is 0 Å². The van der Waals surface area contributed by atoms with Gasteiger partial charge in [0, 0.05) is 32.7 Å². The van der Waals surface area contributed by atoms with Crippen molar-refractivity contribution in [2.45, 2.75) is 26.8 Å². The number of benzene rings is 1. The number of nitrogens with zero attached hydrogens (tertiary/aromatic N) is 3. The third-order valence-corrected chi connectivity index (χ3v) is 5.03. The third kappa shape index (κ3) is 6.78. The minimum absolute atomic E-state index is 0. The van der Waals surface area contributed by atoms with Crippen LogP contribution in [0.25, 0.3) is 0 Å². The van der Waals surface area contributed by atoms with Crippen LogP contribution < -0.4 is 14.8 Å². The Kier molecular flexibility index (Phi) is 10.6. The Morgan fingerprint density at radius 3 is 2.50 bits per heavy atom. The quantitative estimate of drug-likeness (QED) is 0.304. The van der Waals surface area contributed by atoms with Gasteiger partial charge in [0.1, 0.15) is 0 Å². The molecule has 0 aliphatic carbocycles. The average molecular weight is 556 g/mol. The van der Waals surface area contributed by atoms with E-state index in [9.17, 15) is 4.79 Å². The molecule has 1 fully saturated rings. The van der Waals surface area contributed by atoms with E-state index in [-0.39, 0.29) is 29.9 Å². The molecule has 8 nitrogen and oxygen atoms in total. The predicted molar refractivity (Wildman–Crippen MR) is 135 cm³/mol. The van der Waals surface area contributed by atoms with E-state index in [4.69, 9.17) is 18.9 Å². The van der Waals surface area contributed by atoms with Crippen molar-refractivity contribution in [1.29, 1.82) is 0 Å². The number of hydrogen-bond donors (Lipinski definition) is 1. The standard InChI is InChI=1S/C23H32N4O4.HI/c1-4-14-30-19-9-8-18(16-21(19)29-3)17-25-23(24-5-2)27-12-10-26(11-13-27)22(28)20-7-6-15-31-20;/h6-9,15-16H,4-5,10-14,17H2,1-3H3,(H,24,25);1H. The number of ether oxygens (including phenoxy) is 2. The first-order chi connectivity index (χ1) is 15.2. The summed E-state index contributed by atoms with van der Waals surface area (Å²) >= 11 is 0. The van der Waals surface area contributed by atoms with E-state index < -0.39 is 0 Å². The Bertz CT molecular complexity index is 865. The van der Waals surface area contributed by atoms with E-state index in [1.807, 2.05) is 23.1 Å². The first kappa shape index (κ1) is 25.8. The highest BCUT2D eigenvalue weighted by atomic mass is 127. The van der Waals surface area contributed by atoms with Gasteiger partial charge in [0.15, 0.2) is 23.2 Å². The number of piperazine rings is 1. The third-order valence-electron chi connectivity index (χ3n) is 5.03. The van der Waals surface area contributed by atoms with Gasteiger partial charge in [0.05, 0.1) is 26.5 Å². The fourth-order valence-electron chi connectivity index (χ4n) is 3.41. The van der Waals surface area contributed by atoms with Crippen molar-refractivity contribution in [1.82, 2.24) is 15.1 Å². The molecule has 1 aromatic heterocycles. The average Bonchev–Trinajstić information content (AvgIpc) is 3.35. The zero-order valence-corrected chi connectivity index (χ0v) is 21.3. The molecule has 0 saturated carbocycles. The van der Waals surface area contributed by atoms with Gasteiger partial charge in [-0.15, -0.1) is 24.0 Å². The van der Waals surface area contributed by atoms with Gasteiger partial charge in [-0.25, -0.2) is 4.99 Å². The van der Waals surface area contributed by atoms with E-state index in [2.05, 4.69) is 24.1 Å².